The van der Waals surface area contributed by atoms with E-state index >= 15 is 0 Å². The van der Waals surface area contributed by atoms with E-state index < -0.39 is 23.6 Å². The fraction of sp³-hybridized carbons (Fsp3) is 0.200. The summed E-state index contributed by atoms with van der Waals surface area (Å²) in [5.41, 5.74) is -0.00215. The highest BCUT2D eigenvalue weighted by atomic mass is 19.4. The Morgan fingerprint density at radius 3 is 2.35 bits per heavy atom. The highest BCUT2D eigenvalue weighted by Gasteiger charge is 2.30. The zero-order chi connectivity index (χ0) is 14.8. The van der Waals surface area contributed by atoms with Gasteiger partial charge in [-0.25, -0.2) is 4.39 Å². The quantitative estimate of drug-likeness (QED) is 0.780. The molecule has 106 valence electrons. The molecular weight excluding hydrogens is 270 g/mol. The van der Waals surface area contributed by atoms with Crippen LogP contribution in [0.3, 0.4) is 0 Å². The van der Waals surface area contributed by atoms with E-state index in [1.54, 1.807) is 31.2 Å². The number of alkyl halides is 3. The first kappa shape index (κ1) is 14.4. The van der Waals surface area contributed by atoms with Gasteiger partial charge < -0.3 is 5.32 Å². The van der Waals surface area contributed by atoms with Crippen LogP contribution >= 0.6 is 0 Å². The van der Waals surface area contributed by atoms with E-state index in [2.05, 4.69) is 5.32 Å². The lowest BCUT2D eigenvalue weighted by atomic mass is 10.0. The maximum Gasteiger partial charge on any atom is 0.416 e. The summed E-state index contributed by atoms with van der Waals surface area (Å²) in [7, 11) is 0. The Kier molecular flexibility index (Phi) is 3.97. The molecule has 0 aliphatic rings. The smallest absolute Gasteiger partial charge is 0.376 e. The molecule has 0 heterocycles. The molecule has 0 aliphatic heterocycles. The fourth-order valence-electron chi connectivity index (χ4n) is 1.88. The van der Waals surface area contributed by atoms with E-state index in [1.165, 1.54) is 12.1 Å². The van der Waals surface area contributed by atoms with Crippen LogP contribution in [0.15, 0.2) is 48.5 Å². The Balaban J connectivity index is 2.22. The second-order valence-corrected chi connectivity index (χ2v) is 4.47. The lowest BCUT2D eigenvalue weighted by Crippen LogP contribution is -2.10. The van der Waals surface area contributed by atoms with Crippen molar-refractivity contribution in [3.8, 4) is 0 Å². The van der Waals surface area contributed by atoms with E-state index in [9.17, 15) is 17.6 Å². The number of para-hydroxylation sites is 1. The van der Waals surface area contributed by atoms with Crippen molar-refractivity contribution in [2.45, 2.75) is 19.1 Å². The molecule has 0 fully saturated rings. The number of anilines is 1. The van der Waals surface area contributed by atoms with Crippen LogP contribution in [0, 0.1) is 5.82 Å². The zero-order valence-electron chi connectivity index (χ0n) is 10.7. The first-order chi connectivity index (χ1) is 9.38. The lowest BCUT2D eigenvalue weighted by Gasteiger charge is -2.17. The molecule has 5 heteroatoms. The van der Waals surface area contributed by atoms with Gasteiger partial charge in [0.1, 0.15) is 5.82 Å². The van der Waals surface area contributed by atoms with Gasteiger partial charge in [0, 0.05) is 6.04 Å². The molecule has 0 aromatic heterocycles. The van der Waals surface area contributed by atoms with Gasteiger partial charge in [-0.2, -0.15) is 13.2 Å². The average Bonchev–Trinajstić information content (AvgIpc) is 2.40. The molecular formula is C15H13F4N. The van der Waals surface area contributed by atoms with Gasteiger partial charge in [0.15, 0.2) is 0 Å². The number of nitrogens with one attached hydrogen (secondary N) is 1. The van der Waals surface area contributed by atoms with Crippen LogP contribution in [0.2, 0.25) is 0 Å². The highest BCUT2D eigenvalue weighted by Crippen LogP contribution is 2.31. The van der Waals surface area contributed by atoms with Crippen molar-refractivity contribution in [2.24, 2.45) is 0 Å². The van der Waals surface area contributed by atoms with Crippen molar-refractivity contribution in [3.05, 3.63) is 65.5 Å². The molecule has 0 amide bonds. The van der Waals surface area contributed by atoms with Gasteiger partial charge in [-0.05, 0) is 36.8 Å². The molecule has 20 heavy (non-hydrogen) atoms. The van der Waals surface area contributed by atoms with E-state index in [1.807, 2.05) is 0 Å². The standard InChI is InChI=1S/C15H13F4N/c1-10(20-14-8-3-2-7-13(14)16)11-5-4-6-12(9-11)15(17,18)19/h2-10,20H,1H3. The summed E-state index contributed by atoms with van der Waals surface area (Å²) in [4.78, 5) is 0. The monoisotopic (exact) mass is 283 g/mol. The molecule has 0 radical (unpaired) electrons. The third-order valence-electron chi connectivity index (χ3n) is 2.96. The molecule has 2 aromatic carbocycles. The van der Waals surface area contributed by atoms with Crippen molar-refractivity contribution < 1.29 is 17.6 Å². The van der Waals surface area contributed by atoms with Gasteiger partial charge in [-0.3, -0.25) is 0 Å². The largest absolute Gasteiger partial charge is 0.416 e. The molecule has 2 rings (SSSR count). The molecule has 0 bridgehead atoms. The summed E-state index contributed by atoms with van der Waals surface area (Å²) in [6.07, 6.45) is -4.38. The van der Waals surface area contributed by atoms with E-state index in [0.29, 0.717) is 5.56 Å². The first-order valence-electron chi connectivity index (χ1n) is 6.06. The topological polar surface area (TPSA) is 12.0 Å². The van der Waals surface area contributed by atoms with Crippen molar-refractivity contribution in [2.75, 3.05) is 5.32 Å². The third-order valence-corrected chi connectivity index (χ3v) is 2.96. The normalized spacial score (nSPS) is 13.1. The predicted octanol–water partition coefficient (Wildman–Crippen LogP) is 5.02. The molecule has 0 aliphatic carbocycles. The molecule has 0 saturated carbocycles. The van der Waals surface area contributed by atoms with Crippen LogP contribution in [-0.2, 0) is 6.18 Å². The Morgan fingerprint density at radius 2 is 1.70 bits per heavy atom. The number of rotatable bonds is 3. The second kappa shape index (κ2) is 5.53. The average molecular weight is 283 g/mol. The number of hydrogen-bond acceptors (Lipinski definition) is 1. The number of halogens is 4. The van der Waals surface area contributed by atoms with E-state index in [4.69, 9.17) is 0 Å². The molecule has 2 aromatic rings. The second-order valence-electron chi connectivity index (χ2n) is 4.47. The Hall–Kier alpha value is -2.04. The molecule has 1 N–H and O–H groups in total. The zero-order valence-corrected chi connectivity index (χ0v) is 10.7. The third kappa shape index (κ3) is 3.29. The van der Waals surface area contributed by atoms with Gasteiger partial charge >= 0.3 is 6.18 Å². The van der Waals surface area contributed by atoms with Gasteiger partial charge in [-0.1, -0.05) is 24.3 Å². The minimum atomic E-state index is -4.38. The van der Waals surface area contributed by atoms with Crippen LogP contribution in [0.1, 0.15) is 24.1 Å². The Bertz CT molecular complexity index is 592. The Morgan fingerprint density at radius 1 is 1.00 bits per heavy atom. The van der Waals surface area contributed by atoms with Gasteiger partial charge in [-0.15, -0.1) is 0 Å². The molecule has 0 spiro atoms. The molecule has 0 saturated heterocycles. The summed E-state index contributed by atoms with van der Waals surface area (Å²) in [6.45, 7) is 1.68. The summed E-state index contributed by atoms with van der Waals surface area (Å²) < 4.78 is 51.4. The summed E-state index contributed by atoms with van der Waals surface area (Å²) >= 11 is 0. The van der Waals surface area contributed by atoms with Crippen molar-refractivity contribution in [1.82, 2.24) is 0 Å². The van der Waals surface area contributed by atoms with Gasteiger partial charge in [0.05, 0.1) is 11.3 Å². The molecule has 1 nitrogen and oxygen atoms in total. The van der Waals surface area contributed by atoms with Crippen LogP contribution in [0.4, 0.5) is 23.2 Å². The van der Waals surface area contributed by atoms with E-state index in [0.717, 1.165) is 12.1 Å². The van der Waals surface area contributed by atoms with Crippen molar-refractivity contribution in [1.29, 1.82) is 0 Å². The predicted molar refractivity (Wildman–Crippen MR) is 69.9 cm³/mol. The van der Waals surface area contributed by atoms with Crippen LogP contribution < -0.4 is 5.32 Å². The van der Waals surface area contributed by atoms with Crippen molar-refractivity contribution >= 4 is 5.69 Å². The SMILES string of the molecule is CC(Nc1ccccc1F)c1cccc(C(F)(F)F)c1. The summed E-state index contributed by atoms with van der Waals surface area (Å²) in [6, 6.07) is 10.6. The highest BCUT2D eigenvalue weighted by molar-refractivity contribution is 5.46. The summed E-state index contributed by atoms with van der Waals surface area (Å²) in [5, 5.41) is 2.86. The Labute approximate surface area is 114 Å². The number of benzene rings is 2. The molecule has 1 unspecified atom stereocenters. The van der Waals surface area contributed by atoms with Crippen LogP contribution in [0.25, 0.3) is 0 Å². The fourth-order valence-corrected chi connectivity index (χ4v) is 1.88. The van der Waals surface area contributed by atoms with Gasteiger partial charge in [0.25, 0.3) is 0 Å². The minimum absolute atomic E-state index is 0.261. The van der Waals surface area contributed by atoms with Gasteiger partial charge in [0.2, 0.25) is 0 Å². The first-order valence-corrected chi connectivity index (χ1v) is 6.06. The van der Waals surface area contributed by atoms with Crippen LogP contribution in [0.5, 0.6) is 0 Å². The summed E-state index contributed by atoms with van der Waals surface area (Å²) in [5.74, 6) is -0.439. The maximum absolute atomic E-state index is 13.5. The van der Waals surface area contributed by atoms with E-state index in [-0.39, 0.29) is 5.69 Å². The lowest BCUT2D eigenvalue weighted by molar-refractivity contribution is -0.137. The number of hydrogen-bond donors (Lipinski definition) is 1. The maximum atomic E-state index is 13.5. The van der Waals surface area contributed by atoms with Crippen molar-refractivity contribution in [3.63, 3.8) is 0 Å². The molecule has 1 atom stereocenters. The minimum Gasteiger partial charge on any atom is -0.376 e. The van der Waals surface area contributed by atoms with Crippen LogP contribution in [-0.4, -0.2) is 0 Å².